The quantitative estimate of drug-likeness (QED) is 0.884. The highest BCUT2D eigenvalue weighted by Crippen LogP contribution is 2.28. The molecule has 2 heterocycles. The average Bonchev–Trinajstić information content (AvgIpc) is 3.16. The van der Waals surface area contributed by atoms with E-state index in [9.17, 15) is 4.79 Å². The van der Waals surface area contributed by atoms with Crippen molar-refractivity contribution in [3.05, 3.63) is 29.3 Å². The number of hydrogen-bond donors (Lipinski definition) is 1. The van der Waals surface area contributed by atoms with Gasteiger partial charge in [0.15, 0.2) is 0 Å². The number of benzene rings is 1. The van der Waals surface area contributed by atoms with Gasteiger partial charge >= 0.3 is 0 Å². The molecule has 148 valence electrons. The Morgan fingerprint density at radius 2 is 1.78 bits per heavy atom. The Morgan fingerprint density at radius 1 is 1.00 bits per heavy atom. The minimum atomic E-state index is 0.110. The fraction of sp³-hybridized carbons (Fsp3) is 0.696. The number of nitrogens with zero attached hydrogens (tertiary/aromatic N) is 2. The van der Waals surface area contributed by atoms with E-state index in [1.54, 1.807) is 11.1 Å². The van der Waals surface area contributed by atoms with Crippen molar-refractivity contribution in [2.75, 3.05) is 31.1 Å². The highest BCUT2D eigenvalue weighted by Gasteiger charge is 2.28. The van der Waals surface area contributed by atoms with Crippen molar-refractivity contribution in [3.8, 4) is 0 Å². The standard InChI is InChI=1S/C23H35N3O/c1-17(2)23(27)26-12-4-7-21(16-26)24-20-10-13-25(14-11-20)22-9-8-18-5-3-6-19(18)15-22/h8-9,15,17,20-21,24H,3-7,10-14,16H2,1-2H3. The molecule has 0 spiro atoms. The molecule has 27 heavy (non-hydrogen) atoms. The lowest BCUT2D eigenvalue weighted by molar-refractivity contribution is -0.135. The molecule has 0 bridgehead atoms. The second kappa shape index (κ2) is 8.22. The molecule has 1 aromatic rings. The van der Waals surface area contributed by atoms with E-state index < -0.39 is 0 Å². The molecular weight excluding hydrogens is 334 g/mol. The summed E-state index contributed by atoms with van der Waals surface area (Å²) in [6, 6.07) is 8.18. The van der Waals surface area contributed by atoms with Crippen LogP contribution in [-0.4, -0.2) is 49.1 Å². The van der Waals surface area contributed by atoms with E-state index in [-0.39, 0.29) is 5.92 Å². The van der Waals surface area contributed by atoms with E-state index in [0.717, 1.165) is 32.6 Å². The first-order valence-corrected chi connectivity index (χ1v) is 11.0. The highest BCUT2D eigenvalue weighted by atomic mass is 16.2. The van der Waals surface area contributed by atoms with E-state index >= 15 is 0 Å². The second-order valence-corrected chi connectivity index (χ2v) is 9.01. The number of carbonyl (C=O) groups excluding carboxylic acids is 1. The molecule has 2 aliphatic heterocycles. The van der Waals surface area contributed by atoms with Gasteiger partial charge in [0, 0.05) is 49.9 Å². The Balaban J connectivity index is 1.27. The van der Waals surface area contributed by atoms with Crippen molar-refractivity contribution in [2.45, 2.75) is 70.9 Å². The van der Waals surface area contributed by atoms with Crippen molar-refractivity contribution in [1.82, 2.24) is 10.2 Å². The Morgan fingerprint density at radius 3 is 2.56 bits per heavy atom. The molecule has 3 aliphatic rings. The summed E-state index contributed by atoms with van der Waals surface area (Å²) in [6.45, 7) is 8.12. The van der Waals surface area contributed by atoms with Crippen LogP contribution < -0.4 is 10.2 Å². The van der Waals surface area contributed by atoms with Crippen molar-refractivity contribution in [2.24, 2.45) is 5.92 Å². The third-order valence-corrected chi connectivity index (χ3v) is 6.64. The zero-order valence-corrected chi connectivity index (χ0v) is 17.0. The van der Waals surface area contributed by atoms with Gasteiger partial charge in [-0.15, -0.1) is 0 Å². The van der Waals surface area contributed by atoms with Crippen molar-refractivity contribution in [1.29, 1.82) is 0 Å². The van der Waals surface area contributed by atoms with Crippen LogP contribution in [0.25, 0.3) is 0 Å². The number of aryl methyl sites for hydroxylation is 2. The van der Waals surface area contributed by atoms with Gasteiger partial charge in [-0.25, -0.2) is 0 Å². The van der Waals surface area contributed by atoms with Crippen LogP contribution in [0.4, 0.5) is 5.69 Å². The summed E-state index contributed by atoms with van der Waals surface area (Å²) in [4.78, 5) is 16.9. The number of amides is 1. The number of likely N-dealkylation sites (tertiary alicyclic amines) is 1. The van der Waals surface area contributed by atoms with E-state index in [4.69, 9.17) is 0 Å². The van der Waals surface area contributed by atoms with Gasteiger partial charge in [-0.05, 0) is 68.2 Å². The lowest BCUT2D eigenvalue weighted by Gasteiger charge is -2.39. The van der Waals surface area contributed by atoms with E-state index in [0.29, 0.717) is 18.0 Å². The van der Waals surface area contributed by atoms with Crippen LogP contribution in [0.3, 0.4) is 0 Å². The number of carbonyl (C=O) groups is 1. The molecule has 4 heteroatoms. The van der Waals surface area contributed by atoms with Crippen LogP contribution in [-0.2, 0) is 17.6 Å². The molecule has 4 nitrogen and oxygen atoms in total. The van der Waals surface area contributed by atoms with E-state index in [2.05, 4.69) is 33.3 Å². The molecule has 1 aliphatic carbocycles. The predicted octanol–water partition coefficient (Wildman–Crippen LogP) is 3.38. The molecule has 0 aromatic heterocycles. The molecule has 2 fully saturated rings. The molecule has 1 unspecified atom stereocenters. The Labute approximate surface area is 164 Å². The summed E-state index contributed by atoms with van der Waals surface area (Å²) in [5, 5.41) is 3.87. The summed E-state index contributed by atoms with van der Waals surface area (Å²) < 4.78 is 0. The Bertz CT molecular complexity index is 664. The van der Waals surface area contributed by atoms with Gasteiger partial charge in [-0.2, -0.15) is 0 Å². The second-order valence-electron chi connectivity index (χ2n) is 9.01. The van der Waals surface area contributed by atoms with Crippen LogP contribution in [0.15, 0.2) is 18.2 Å². The van der Waals surface area contributed by atoms with Crippen LogP contribution in [0.1, 0.15) is 57.1 Å². The van der Waals surface area contributed by atoms with Gasteiger partial charge in [0.05, 0.1) is 0 Å². The van der Waals surface area contributed by atoms with E-state index in [1.165, 1.54) is 44.2 Å². The number of fused-ring (bicyclic) bond motifs is 1. The molecule has 0 radical (unpaired) electrons. The third kappa shape index (κ3) is 4.31. The zero-order valence-electron chi connectivity index (χ0n) is 17.0. The molecule has 1 N–H and O–H groups in total. The third-order valence-electron chi connectivity index (χ3n) is 6.64. The zero-order chi connectivity index (χ0) is 18.8. The lowest BCUT2D eigenvalue weighted by atomic mass is 9.98. The van der Waals surface area contributed by atoms with Crippen molar-refractivity contribution >= 4 is 11.6 Å². The summed E-state index contributed by atoms with van der Waals surface area (Å²) >= 11 is 0. The van der Waals surface area contributed by atoms with Crippen molar-refractivity contribution in [3.63, 3.8) is 0 Å². The molecule has 0 saturated carbocycles. The fourth-order valence-corrected chi connectivity index (χ4v) is 5.07. The molecule has 4 rings (SSSR count). The van der Waals surface area contributed by atoms with Crippen LogP contribution in [0, 0.1) is 5.92 Å². The maximum atomic E-state index is 12.3. The highest BCUT2D eigenvalue weighted by molar-refractivity contribution is 5.78. The maximum Gasteiger partial charge on any atom is 0.225 e. The topological polar surface area (TPSA) is 35.6 Å². The number of nitrogens with one attached hydrogen (secondary N) is 1. The van der Waals surface area contributed by atoms with Crippen LogP contribution >= 0.6 is 0 Å². The minimum Gasteiger partial charge on any atom is -0.371 e. The monoisotopic (exact) mass is 369 g/mol. The van der Waals surface area contributed by atoms with Gasteiger partial charge in [0.1, 0.15) is 0 Å². The predicted molar refractivity (Wildman–Crippen MR) is 111 cm³/mol. The number of rotatable bonds is 4. The maximum absolute atomic E-state index is 12.3. The van der Waals surface area contributed by atoms with Gasteiger partial charge in [0.25, 0.3) is 0 Å². The normalized spacial score (nSPS) is 23.7. The molecule has 1 atom stereocenters. The first-order valence-electron chi connectivity index (χ1n) is 11.0. The molecule has 2 saturated heterocycles. The Kier molecular flexibility index (Phi) is 5.72. The largest absolute Gasteiger partial charge is 0.371 e. The molecule has 1 aromatic carbocycles. The first kappa shape index (κ1) is 18.8. The minimum absolute atomic E-state index is 0.110. The fourth-order valence-electron chi connectivity index (χ4n) is 5.07. The summed E-state index contributed by atoms with van der Waals surface area (Å²) in [6.07, 6.45) is 8.57. The van der Waals surface area contributed by atoms with Gasteiger partial charge < -0.3 is 15.1 Å². The molecular formula is C23H35N3O. The number of piperidine rings is 2. The number of hydrogen-bond acceptors (Lipinski definition) is 3. The van der Waals surface area contributed by atoms with Crippen molar-refractivity contribution < 1.29 is 4.79 Å². The SMILES string of the molecule is CC(C)C(=O)N1CCCC(NC2CCN(c3ccc4c(c3)CCC4)CC2)C1. The molecule has 1 amide bonds. The van der Waals surface area contributed by atoms with Gasteiger partial charge in [-0.3, -0.25) is 4.79 Å². The Hall–Kier alpha value is -1.55. The number of anilines is 1. The summed E-state index contributed by atoms with van der Waals surface area (Å²) in [7, 11) is 0. The average molecular weight is 370 g/mol. The van der Waals surface area contributed by atoms with Gasteiger partial charge in [0.2, 0.25) is 5.91 Å². The van der Waals surface area contributed by atoms with Crippen LogP contribution in [0.2, 0.25) is 0 Å². The summed E-state index contributed by atoms with van der Waals surface area (Å²) in [5.41, 5.74) is 4.55. The smallest absolute Gasteiger partial charge is 0.225 e. The van der Waals surface area contributed by atoms with E-state index in [1.807, 2.05) is 13.8 Å². The van der Waals surface area contributed by atoms with Crippen LogP contribution in [0.5, 0.6) is 0 Å². The summed E-state index contributed by atoms with van der Waals surface area (Å²) in [5.74, 6) is 0.423. The van der Waals surface area contributed by atoms with Gasteiger partial charge in [-0.1, -0.05) is 19.9 Å². The lowest BCUT2D eigenvalue weighted by Crippen LogP contribution is -2.53. The first-order chi connectivity index (χ1) is 13.1.